The van der Waals surface area contributed by atoms with Crippen LogP contribution >= 0.6 is 15.9 Å². The van der Waals surface area contributed by atoms with E-state index in [2.05, 4.69) is 38.4 Å². The molecule has 3 nitrogen and oxygen atoms in total. The number of nitrogen functional groups attached to an aromatic ring is 1. The minimum absolute atomic E-state index is 0.337. The first-order valence-corrected chi connectivity index (χ1v) is 7.21. The Morgan fingerprint density at radius 2 is 2.16 bits per heavy atom. The van der Waals surface area contributed by atoms with Crippen molar-refractivity contribution in [2.45, 2.75) is 25.8 Å². The quantitative estimate of drug-likeness (QED) is 0.827. The average Bonchev–Trinajstić information content (AvgIpc) is 2.76. The number of hydrogen-bond donors (Lipinski definition) is 2. The molecule has 1 aliphatic carbocycles. The number of halogens is 1. The highest BCUT2D eigenvalue weighted by Crippen LogP contribution is 2.34. The molecule has 0 spiro atoms. The minimum Gasteiger partial charge on any atom is -0.399 e. The van der Waals surface area contributed by atoms with Crippen LogP contribution in [0.5, 0.6) is 0 Å². The van der Waals surface area contributed by atoms with Gasteiger partial charge in [-0.1, -0.05) is 6.07 Å². The van der Waals surface area contributed by atoms with Crippen LogP contribution in [0.1, 0.15) is 29.3 Å². The van der Waals surface area contributed by atoms with E-state index in [1.165, 1.54) is 11.1 Å². The lowest BCUT2D eigenvalue weighted by atomic mass is 10.1. The third kappa shape index (κ3) is 2.45. The first kappa shape index (κ1) is 12.5. The summed E-state index contributed by atoms with van der Waals surface area (Å²) >= 11 is 3.47. The molecule has 0 saturated heterocycles. The van der Waals surface area contributed by atoms with Crippen LogP contribution in [-0.4, -0.2) is 4.98 Å². The number of anilines is 2. The van der Waals surface area contributed by atoms with E-state index >= 15 is 0 Å². The summed E-state index contributed by atoms with van der Waals surface area (Å²) in [5, 5.41) is 3.51. The van der Waals surface area contributed by atoms with Gasteiger partial charge in [0.2, 0.25) is 0 Å². The number of nitrogens with one attached hydrogen (secondary N) is 1. The number of fused-ring (bicyclic) bond motifs is 1. The predicted octanol–water partition coefficient (Wildman–Crippen LogP) is 3.83. The Kier molecular flexibility index (Phi) is 3.19. The molecule has 4 heteroatoms. The number of nitrogens with two attached hydrogens (primary N) is 1. The van der Waals surface area contributed by atoms with Crippen LogP contribution in [0.15, 0.2) is 34.8 Å². The lowest BCUT2D eigenvalue weighted by Crippen LogP contribution is -2.08. The van der Waals surface area contributed by atoms with Crippen molar-refractivity contribution in [1.82, 2.24) is 4.98 Å². The molecule has 98 valence electrons. The van der Waals surface area contributed by atoms with Crippen LogP contribution in [0.25, 0.3) is 0 Å². The van der Waals surface area contributed by atoms with Gasteiger partial charge in [-0.15, -0.1) is 0 Å². The number of benzene rings is 1. The predicted molar refractivity (Wildman–Crippen MR) is 82.2 cm³/mol. The van der Waals surface area contributed by atoms with Crippen molar-refractivity contribution in [1.29, 1.82) is 0 Å². The monoisotopic (exact) mass is 317 g/mol. The van der Waals surface area contributed by atoms with E-state index < -0.39 is 0 Å². The molecule has 0 fully saturated rings. The maximum absolute atomic E-state index is 5.83. The van der Waals surface area contributed by atoms with Crippen molar-refractivity contribution in [3.8, 4) is 0 Å². The largest absolute Gasteiger partial charge is 0.399 e. The molecule has 1 heterocycles. The first-order chi connectivity index (χ1) is 9.13. The van der Waals surface area contributed by atoms with Gasteiger partial charge in [0.05, 0.1) is 11.7 Å². The molecular weight excluding hydrogens is 302 g/mol. The molecule has 1 atom stereocenters. The van der Waals surface area contributed by atoms with Gasteiger partial charge in [-0.3, -0.25) is 0 Å². The number of rotatable bonds is 2. The van der Waals surface area contributed by atoms with Crippen molar-refractivity contribution in [2.75, 3.05) is 11.1 Å². The van der Waals surface area contributed by atoms with E-state index in [1.807, 2.05) is 25.1 Å². The lowest BCUT2D eigenvalue weighted by Gasteiger charge is -2.15. The summed E-state index contributed by atoms with van der Waals surface area (Å²) in [5.74, 6) is 0.926. The molecular formula is C15H16BrN3. The normalized spacial score (nSPS) is 17.3. The van der Waals surface area contributed by atoms with Crippen molar-refractivity contribution >= 4 is 27.4 Å². The van der Waals surface area contributed by atoms with Crippen molar-refractivity contribution in [3.05, 3.63) is 51.6 Å². The van der Waals surface area contributed by atoms with Crippen LogP contribution in [-0.2, 0) is 6.42 Å². The molecule has 1 unspecified atom stereocenters. The van der Waals surface area contributed by atoms with Gasteiger partial charge in [0, 0.05) is 10.2 Å². The summed E-state index contributed by atoms with van der Waals surface area (Å²) in [5.41, 5.74) is 10.4. The molecule has 0 aliphatic heterocycles. The Morgan fingerprint density at radius 1 is 1.32 bits per heavy atom. The molecule has 2 aromatic rings. The zero-order valence-electron chi connectivity index (χ0n) is 10.8. The summed E-state index contributed by atoms with van der Waals surface area (Å²) in [6.07, 6.45) is 2.17. The molecule has 0 amide bonds. The van der Waals surface area contributed by atoms with E-state index in [-0.39, 0.29) is 0 Å². The van der Waals surface area contributed by atoms with Crippen LogP contribution in [0.2, 0.25) is 0 Å². The second-order valence-corrected chi connectivity index (χ2v) is 5.81. The topological polar surface area (TPSA) is 50.9 Å². The van der Waals surface area contributed by atoms with E-state index in [0.717, 1.165) is 34.5 Å². The standard InChI is InChI=1S/C15H16BrN3/c1-9-13(16)5-7-15(18-9)19-14-6-2-10-8-11(17)3-4-12(10)14/h3-5,7-8,14H,2,6,17H2,1H3,(H,18,19). The second-order valence-electron chi connectivity index (χ2n) is 4.96. The van der Waals surface area contributed by atoms with E-state index in [1.54, 1.807) is 0 Å². The van der Waals surface area contributed by atoms with E-state index in [4.69, 9.17) is 5.73 Å². The maximum atomic E-state index is 5.83. The maximum Gasteiger partial charge on any atom is 0.126 e. The molecule has 1 aliphatic rings. The number of aryl methyl sites for hydroxylation is 2. The first-order valence-electron chi connectivity index (χ1n) is 6.41. The fraction of sp³-hybridized carbons (Fsp3) is 0.267. The minimum atomic E-state index is 0.337. The molecule has 19 heavy (non-hydrogen) atoms. The summed E-state index contributed by atoms with van der Waals surface area (Å²) in [4.78, 5) is 4.54. The van der Waals surface area contributed by atoms with Gasteiger partial charge < -0.3 is 11.1 Å². The lowest BCUT2D eigenvalue weighted by molar-refractivity contribution is 0.756. The van der Waals surface area contributed by atoms with Gasteiger partial charge in [0.25, 0.3) is 0 Å². The van der Waals surface area contributed by atoms with Crippen LogP contribution in [0, 0.1) is 6.92 Å². The summed E-state index contributed by atoms with van der Waals surface area (Å²) < 4.78 is 1.04. The third-order valence-electron chi connectivity index (χ3n) is 3.59. The number of aromatic nitrogens is 1. The average molecular weight is 318 g/mol. The Bertz CT molecular complexity index is 625. The highest BCUT2D eigenvalue weighted by molar-refractivity contribution is 9.10. The molecule has 1 aromatic carbocycles. The van der Waals surface area contributed by atoms with Gasteiger partial charge in [-0.25, -0.2) is 4.98 Å². The van der Waals surface area contributed by atoms with Crippen LogP contribution in [0.3, 0.4) is 0 Å². The zero-order chi connectivity index (χ0) is 13.4. The summed E-state index contributed by atoms with van der Waals surface area (Å²) in [6, 6.07) is 10.6. The zero-order valence-corrected chi connectivity index (χ0v) is 12.4. The molecule has 0 radical (unpaired) electrons. The van der Waals surface area contributed by atoms with Crippen molar-refractivity contribution in [3.63, 3.8) is 0 Å². The van der Waals surface area contributed by atoms with Crippen LogP contribution in [0.4, 0.5) is 11.5 Å². The Balaban J connectivity index is 1.84. The Hall–Kier alpha value is -1.55. The molecule has 3 rings (SSSR count). The Labute approximate surface area is 121 Å². The van der Waals surface area contributed by atoms with Crippen molar-refractivity contribution < 1.29 is 0 Å². The third-order valence-corrected chi connectivity index (χ3v) is 4.43. The van der Waals surface area contributed by atoms with Gasteiger partial charge in [0.15, 0.2) is 0 Å². The molecule has 0 saturated carbocycles. The molecule has 0 bridgehead atoms. The summed E-state index contributed by atoms with van der Waals surface area (Å²) in [7, 11) is 0. The number of pyridine rings is 1. The SMILES string of the molecule is Cc1nc(NC2CCc3cc(N)ccc32)ccc1Br. The smallest absolute Gasteiger partial charge is 0.126 e. The fourth-order valence-electron chi connectivity index (χ4n) is 2.59. The highest BCUT2D eigenvalue weighted by Gasteiger charge is 2.22. The Morgan fingerprint density at radius 3 is 2.95 bits per heavy atom. The van der Waals surface area contributed by atoms with E-state index in [0.29, 0.717) is 6.04 Å². The van der Waals surface area contributed by atoms with Gasteiger partial charge in [-0.2, -0.15) is 0 Å². The second kappa shape index (κ2) is 4.85. The highest BCUT2D eigenvalue weighted by atomic mass is 79.9. The summed E-state index contributed by atoms with van der Waals surface area (Å²) in [6.45, 7) is 2.00. The van der Waals surface area contributed by atoms with Gasteiger partial charge >= 0.3 is 0 Å². The number of hydrogen-bond acceptors (Lipinski definition) is 3. The van der Waals surface area contributed by atoms with Gasteiger partial charge in [-0.05, 0) is 71.1 Å². The fourth-order valence-corrected chi connectivity index (χ4v) is 2.81. The van der Waals surface area contributed by atoms with Gasteiger partial charge in [0.1, 0.15) is 5.82 Å². The van der Waals surface area contributed by atoms with E-state index in [9.17, 15) is 0 Å². The number of nitrogens with zero attached hydrogens (tertiary/aromatic N) is 1. The van der Waals surface area contributed by atoms with Crippen molar-refractivity contribution in [2.24, 2.45) is 0 Å². The molecule has 3 N–H and O–H groups in total. The molecule has 1 aromatic heterocycles. The van der Waals surface area contributed by atoms with Crippen LogP contribution < -0.4 is 11.1 Å².